The summed E-state index contributed by atoms with van der Waals surface area (Å²) in [5.41, 5.74) is 2.10. The number of imide groups is 1. The summed E-state index contributed by atoms with van der Waals surface area (Å²) in [6.07, 6.45) is 3.17. The molecule has 44 heavy (non-hydrogen) atoms. The second kappa shape index (κ2) is 11.1. The van der Waals surface area contributed by atoms with Gasteiger partial charge in [-0.05, 0) is 96.8 Å². The average molecular weight is 590 g/mol. The maximum atomic E-state index is 13.6. The first-order valence-electron chi connectivity index (χ1n) is 14.5. The lowest BCUT2D eigenvalue weighted by atomic mass is 9.73. The van der Waals surface area contributed by atoms with Gasteiger partial charge in [0, 0.05) is 5.56 Å². The number of ketones is 1. The van der Waals surface area contributed by atoms with Crippen molar-refractivity contribution in [3.05, 3.63) is 120 Å². The van der Waals surface area contributed by atoms with E-state index in [-0.39, 0.29) is 64.0 Å². The fourth-order valence-electron chi connectivity index (χ4n) is 7.10. The van der Waals surface area contributed by atoms with Crippen molar-refractivity contribution in [2.75, 3.05) is 11.5 Å². The third-order valence-electron chi connectivity index (χ3n) is 9.05. The zero-order valence-corrected chi connectivity index (χ0v) is 23.5. The molecule has 0 radical (unpaired) electrons. The number of esters is 2. The van der Waals surface area contributed by atoms with Crippen molar-refractivity contribution < 1.29 is 37.9 Å². The molecule has 4 aromatic rings. The molecule has 2 aliphatic carbocycles. The summed E-state index contributed by atoms with van der Waals surface area (Å²) in [5.74, 6) is -1.88. The molecule has 7 rings (SSSR count). The number of fused-ring (bicyclic) bond motifs is 5. The molecule has 0 unspecified atom stereocenters. The molecular weight excluding hydrogens is 562 g/mol. The first kappa shape index (κ1) is 27.5. The van der Waals surface area contributed by atoms with Crippen molar-refractivity contribution in [2.45, 2.75) is 18.8 Å². The lowest BCUT2D eigenvalue weighted by Crippen LogP contribution is -2.33. The van der Waals surface area contributed by atoms with Gasteiger partial charge in [0.15, 0.2) is 12.4 Å². The fraction of sp³-hybridized carbons (Fsp3) is 0.229. The van der Waals surface area contributed by atoms with E-state index in [0.717, 1.165) is 12.8 Å². The van der Waals surface area contributed by atoms with Crippen LogP contribution < -0.4 is 9.64 Å². The standard InChI is InChI=1S/C35H27NO8/c37-28(21-10-14-25(15-11-21)44-35(41)29-7-4-16-42-29)19-43-34(40)22-8-12-24(13-9-22)36-32(38)30-23-17-26(20-5-2-1-3-6-20)27(18-23)31(30)33(36)39/h1-16,23,26-27,30-31H,17-19H2/t23-,26-,27+,30+,31-/m0/s1. The highest BCUT2D eigenvalue weighted by atomic mass is 16.5. The Morgan fingerprint density at radius 1 is 0.750 bits per heavy atom. The van der Waals surface area contributed by atoms with Crippen LogP contribution >= 0.6 is 0 Å². The number of ether oxygens (including phenoxy) is 2. The van der Waals surface area contributed by atoms with Crippen molar-refractivity contribution >= 4 is 35.2 Å². The van der Waals surface area contributed by atoms with Crippen LogP contribution in [0.15, 0.2) is 102 Å². The number of hydrogen-bond acceptors (Lipinski definition) is 8. The SMILES string of the molecule is O=C(COC(=O)c1ccc(N2C(=O)[C@@H]3[C@@H]4C[C@@H]([C@@H]3C2=O)[C@H](c2ccccc2)C4)cc1)c1ccc(OC(=O)c2ccco2)cc1. The molecule has 2 bridgehead atoms. The van der Waals surface area contributed by atoms with E-state index in [1.807, 2.05) is 18.2 Å². The Hall–Kier alpha value is -5.31. The molecule has 9 nitrogen and oxygen atoms in total. The van der Waals surface area contributed by atoms with Gasteiger partial charge in [0.05, 0.1) is 29.3 Å². The van der Waals surface area contributed by atoms with Crippen LogP contribution in [0.2, 0.25) is 0 Å². The molecule has 9 heteroatoms. The van der Waals surface area contributed by atoms with E-state index in [2.05, 4.69) is 12.1 Å². The Kier molecular flexibility index (Phi) is 6.93. The molecule has 5 atom stereocenters. The summed E-state index contributed by atoms with van der Waals surface area (Å²) in [4.78, 5) is 65.5. The van der Waals surface area contributed by atoms with Gasteiger partial charge in [-0.25, -0.2) is 9.59 Å². The molecule has 2 saturated carbocycles. The predicted molar refractivity (Wildman–Crippen MR) is 156 cm³/mol. The molecule has 220 valence electrons. The van der Waals surface area contributed by atoms with Crippen LogP contribution in [-0.2, 0) is 14.3 Å². The van der Waals surface area contributed by atoms with Gasteiger partial charge in [-0.2, -0.15) is 0 Å². The highest BCUT2D eigenvalue weighted by molar-refractivity contribution is 6.22. The smallest absolute Gasteiger partial charge is 0.379 e. The quantitative estimate of drug-likeness (QED) is 0.115. The minimum Gasteiger partial charge on any atom is -0.457 e. The van der Waals surface area contributed by atoms with Crippen LogP contribution in [0, 0.1) is 23.7 Å². The predicted octanol–water partition coefficient (Wildman–Crippen LogP) is 5.47. The van der Waals surface area contributed by atoms with Crippen LogP contribution in [0.3, 0.4) is 0 Å². The molecule has 1 aliphatic heterocycles. The van der Waals surface area contributed by atoms with Gasteiger partial charge in [-0.3, -0.25) is 19.3 Å². The van der Waals surface area contributed by atoms with Gasteiger partial charge in [0.2, 0.25) is 17.6 Å². The normalized spacial score (nSPS) is 23.5. The van der Waals surface area contributed by atoms with Gasteiger partial charge in [-0.1, -0.05) is 30.3 Å². The number of nitrogens with zero attached hydrogens (tertiary/aromatic N) is 1. The minimum atomic E-state index is -0.714. The lowest BCUT2D eigenvalue weighted by Gasteiger charge is -2.28. The van der Waals surface area contributed by atoms with Crippen LogP contribution in [0.4, 0.5) is 5.69 Å². The monoisotopic (exact) mass is 589 g/mol. The Morgan fingerprint density at radius 2 is 1.45 bits per heavy atom. The number of rotatable bonds is 8. The summed E-state index contributed by atoms with van der Waals surface area (Å²) in [6, 6.07) is 25.2. The van der Waals surface area contributed by atoms with Gasteiger partial charge in [-0.15, -0.1) is 0 Å². The number of anilines is 1. The first-order chi connectivity index (χ1) is 21.4. The van der Waals surface area contributed by atoms with Crippen molar-refractivity contribution in [3.63, 3.8) is 0 Å². The Morgan fingerprint density at radius 3 is 2.16 bits per heavy atom. The number of carbonyl (C=O) groups is 5. The largest absolute Gasteiger partial charge is 0.457 e. The van der Waals surface area contributed by atoms with E-state index in [4.69, 9.17) is 13.9 Å². The summed E-state index contributed by atoms with van der Waals surface area (Å²) in [5, 5.41) is 0. The molecule has 0 N–H and O–H groups in total. The Balaban J connectivity index is 0.958. The highest BCUT2D eigenvalue weighted by Crippen LogP contribution is 2.61. The van der Waals surface area contributed by atoms with E-state index in [1.54, 1.807) is 18.2 Å². The van der Waals surface area contributed by atoms with Crippen molar-refractivity contribution in [1.29, 1.82) is 0 Å². The fourth-order valence-corrected chi connectivity index (χ4v) is 7.10. The third-order valence-corrected chi connectivity index (χ3v) is 9.05. The molecule has 2 heterocycles. The van der Waals surface area contributed by atoms with E-state index >= 15 is 0 Å². The van der Waals surface area contributed by atoms with E-state index in [1.165, 1.54) is 59.2 Å². The van der Waals surface area contributed by atoms with Gasteiger partial charge >= 0.3 is 11.9 Å². The summed E-state index contributed by atoms with van der Waals surface area (Å²) in [7, 11) is 0. The van der Waals surface area contributed by atoms with Gasteiger partial charge in [0.25, 0.3) is 0 Å². The highest BCUT2D eigenvalue weighted by Gasteiger charge is 2.64. The number of benzene rings is 3. The maximum Gasteiger partial charge on any atom is 0.379 e. The third kappa shape index (κ3) is 4.80. The topological polar surface area (TPSA) is 120 Å². The van der Waals surface area contributed by atoms with Crippen molar-refractivity contribution in [3.8, 4) is 5.75 Å². The van der Waals surface area contributed by atoms with Gasteiger partial charge in [0.1, 0.15) is 5.75 Å². The zero-order valence-electron chi connectivity index (χ0n) is 23.5. The number of Topliss-reactive ketones (excluding diaryl/α,β-unsaturated/α-hetero) is 1. The Labute approximate surface area is 252 Å². The number of furan rings is 1. The summed E-state index contributed by atoms with van der Waals surface area (Å²) in [6.45, 7) is -0.496. The van der Waals surface area contributed by atoms with Crippen LogP contribution in [0.25, 0.3) is 0 Å². The summed E-state index contributed by atoms with van der Waals surface area (Å²) < 4.78 is 15.4. The van der Waals surface area contributed by atoms with E-state index < -0.39 is 24.3 Å². The van der Waals surface area contributed by atoms with Crippen molar-refractivity contribution in [2.24, 2.45) is 23.7 Å². The number of carbonyl (C=O) groups excluding carboxylic acids is 5. The molecule has 3 aromatic carbocycles. The molecular formula is C35H27NO8. The number of amides is 2. The van der Waals surface area contributed by atoms with E-state index in [9.17, 15) is 24.0 Å². The molecule has 3 fully saturated rings. The first-order valence-corrected chi connectivity index (χ1v) is 14.5. The Bertz CT molecular complexity index is 1740. The molecule has 3 aliphatic rings. The lowest BCUT2D eigenvalue weighted by molar-refractivity contribution is -0.123. The maximum absolute atomic E-state index is 13.6. The zero-order chi connectivity index (χ0) is 30.4. The molecule has 1 aromatic heterocycles. The molecule has 0 spiro atoms. The van der Waals surface area contributed by atoms with E-state index in [0.29, 0.717) is 5.69 Å². The van der Waals surface area contributed by atoms with Crippen LogP contribution in [-0.4, -0.2) is 36.1 Å². The average Bonchev–Trinajstić information content (AvgIpc) is 3.85. The van der Waals surface area contributed by atoms with Crippen molar-refractivity contribution in [1.82, 2.24) is 0 Å². The van der Waals surface area contributed by atoms with Crippen LogP contribution in [0.1, 0.15) is 55.6 Å². The number of hydrogen-bond donors (Lipinski definition) is 0. The molecule has 2 amide bonds. The second-order valence-corrected chi connectivity index (χ2v) is 11.4. The van der Waals surface area contributed by atoms with Crippen LogP contribution in [0.5, 0.6) is 5.75 Å². The summed E-state index contributed by atoms with van der Waals surface area (Å²) >= 11 is 0. The van der Waals surface area contributed by atoms with Gasteiger partial charge < -0.3 is 13.9 Å². The molecule has 1 saturated heterocycles. The second-order valence-electron chi connectivity index (χ2n) is 11.4. The minimum absolute atomic E-state index is 0.0511.